The second kappa shape index (κ2) is 46.9. The van der Waals surface area contributed by atoms with E-state index in [9.17, 15) is 72.0 Å². The largest absolute Gasteiger partial charge is 0.478 e. The minimum Gasteiger partial charge on any atom is -0.478 e. The number of carboxylic acid groups (broad SMARTS) is 1. The van der Waals surface area contributed by atoms with E-state index in [4.69, 9.17) is 40.1 Å². The van der Waals surface area contributed by atoms with Crippen LogP contribution in [-0.2, 0) is 73.5 Å². The number of carbonyl (C=O) groups is 8. The van der Waals surface area contributed by atoms with Crippen molar-refractivity contribution in [3.63, 3.8) is 0 Å². The summed E-state index contributed by atoms with van der Waals surface area (Å²) >= 11 is 0. The minimum absolute atomic E-state index is 0.00710. The van der Waals surface area contributed by atoms with Crippen molar-refractivity contribution in [1.29, 1.82) is 0 Å². The number of carboxylic acids is 1. The number of anilines is 3. The SMILES string of the molecule is CCCCC(=O)c1ccc(N2CCN(S(=O)(=O)C3CC(C(=O)NO)CN(CCOC)C3)CC2)cc1.COC(=O)c1ccc(N2CCN(S(=O)(=O)C3CNCC(C(=O)NO)C3)CC2)cc1.COCCN1CC(C(=O)NO)CC(S(=O)(=O)N2CCN(c3ccc(C(C)=O)cc3)CC2)C1.O=C(O)c1ccc(C2CCN(S(=O)(=O)C3CNCC(C(=O)NO)C3)CC2)cc1. The molecule has 4 amide bonds. The van der Waals surface area contributed by atoms with Crippen molar-refractivity contribution in [2.45, 2.75) is 98.6 Å². The van der Waals surface area contributed by atoms with Gasteiger partial charge in [0.15, 0.2) is 11.6 Å². The number of sulfonamides is 4. The molecule has 8 aliphatic heterocycles. The first-order valence-electron chi connectivity index (χ1n) is 41.8. The molecule has 4 aromatic rings. The number of aromatic carboxylic acids is 1. The number of nitrogens with zero attached hydrogens (tertiary/aromatic N) is 9. The number of hydrogen-bond acceptors (Lipinski definition) is 30. The van der Waals surface area contributed by atoms with Crippen LogP contribution in [0.1, 0.15) is 125 Å². The zero-order chi connectivity index (χ0) is 90.1. The Morgan fingerprint density at radius 2 is 0.742 bits per heavy atom. The van der Waals surface area contributed by atoms with Crippen molar-refractivity contribution in [3.05, 3.63) is 125 Å². The Hall–Kier alpha value is -8.32. The van der Waals surface area contributed by atoms with E-state index in [2.05, 4.69) is 32.3 Å². The number of hydrogen-bond donors (Lipinski definition) is 11. The Bertz CT molecular complexity index is 4670. The van der Waals surface area contributed by atoms with Crippen molar-refractivity contribution in [1.82, 2.24) is 59.6 Å². The third kappa shape index (κ3) is 26.4. The topological polar surface area (TPSA) is 503 Å². The monoisotopic (exact) mass is 1820 g/mol. The average molecular weight is 1820 g/mol. The number of esters is 1. The molecule has 8 saturated heterocycles. The normalized spacial score (nSPS) is 23.3. The van der Waals surface area contributed by atoms with Crippen LogP contribution >= 0.6 is 0 Å². The minimum atomic E-state index is -3.63. The van der Waals surface area contributed by atoms with Crippen LogP contribution in [-0.4, -0.2) is 346 Å². The molecule has 0 saturated carbocycles. The number of unbranched alkanes of at least 4 members (excludes halogenated alkanes) is 1. The summed E-state index contributed by atoms with van der Waals surface area (Å²) < 4.78 is 127. The smallest absolute Gasteiger partial charge is 0.337 e. The summed E-state index contributed by atoms with van der Waals surface area (Å²) in [6.07, 6.45) is 4.44. The van der Waals surface area contributed by atoms with Gasteiger partial charge in [-0.2, -0.15) is 12.9 Å². The van der Waals surface area contributed by atoms with E-state index in [-0.39, 0.29) is 61.8 Å². The third-order valence-corrected chi connectivity index (χ3v) is 33.4. The molecular formula is C81H121N15O24S4. The van der Waals surface area contributed by atoms with Crippen LogP contribution in [0.4, 0.5) is 17.1 Å². The Morgan fingerprint density at radius 3 is 1.08 bits per heavy atom. The van der Waals surface area contributed by atoms with Crippen LogP contribution in [0.3, 0.4) is 0 Å². The molecular weight excluding hydrogens is 1700 g/mol. The van der Waals surface area contributed by atoms with Gasteiger partial charge >= 0.3 is 11.9 Å². The van der Waals surface area contributed by atoms with Gasteiger partial charge < -0.3 is 44.7 Å². The first-order chi connectivity index (χ1) is 59.2. The van der Waals surface area contributed by atoms with Gasteiger partial charge in [-0.1, -0.05) is 25.5 Å². The van der Waals surface area contributed by atoms with Crippen LogP contribution in [0.15, 0.2) is 97.1 Å². The molecule has 8 heterocycles. The summed E-state index contributed by atoms with van der Waals surface area (Å²) in [4.78, 5) is 104. The number of piperidine rings is 5. The maximum atomic E-state index is 13.5. The number of methoxy groups -OCH3 is 3. The highest BCUT2D eigenvalue weighted by Gasteiger charge is 2.46. The molecule has 43 heteroatoms. The van der Waals surface area contributed by atoms with Crippen molar-refractivity contribution in [3.8, 4) is 0 Å². The fraction of sp³-hybridized carbons (Fsp3) is 0.605. The number of benzene rings is 4. The molecule has 0 radical (unpaired) electrons. The van der Waals surface area contributed by atoms with E-state index < -0.39 is 120 Å². The van der Waals surface area contributed by atoms with Gasteiger partial charge in [-0.3, -0.25) is 59.4 Å². The molecule has 8 aliphatic rings. The summed E-state index contributed by atoms with van der Waals surface area (Å²) in [6.45, 7) is 14.2. The highest BCUT2D eigenvalue weighted by molar-refractivity contribution is 7.90. The summed E-state index contributed by atoms with van der Waals surface area (Å²) in [5, 5.41) is 47.8. The molecule has 11 N–H and O–H groups in total. The molecule has 124 heavy (non-hydrogen) atoms. The van der Waals surface area contributed by atoms with E-state index in [1.54, 1.807) is 84.7 Å². The summed E-state index contributed by atoms with van der Waals surface area (Å²) in [6, 6.07) is 28.6. The molecule has 8 unspecified atom stereocenters. The molecule has 0 aromatic heterocycles. The Labute approximate surface area is 725 Å². The van der Waals surface area contributed by atoms with Gasteiger partial charge in [-0.05, 0) is 148 Å². The molecule has 688 valence electrons. The van der Waals surface area contributed by atoms with Gasteiger partial charge in [0, 0.05) is 206 Å². The summed E-state index contributed by atoms with van der Waals surface area (Å²) in [7, 11) is -9.89. The molecule has 12 rings (SSSR count). The van der Waals surface area contributed by atoms with E-state index >= 15 is 0 Å². The fourth-order valence-corrected chi connectivity index (χ4v) is 24.7. The lowest BCUT2D eigenvalue weighted by atomic mass is 9.90. The number of hydroxylamine groups is 4. The number of ether oxygens (including phenoxy) is 3. The second-order valence-electron chi connectivity index (χ2n) is 32.1. The Morgan fingerprint density at radius 1 is 0.411 bits per heavy atom. The molecule has 0 spiro atoms. The summed E-state index contributed by atoms with van der Waals surface area (Å²) in [5.41, 5.74) is 12.4. The van der Waals surface area contributed by atoms with Crippen molar-refractivity contribution in [2.75, 3.05) is 206 Å². The van der Waals surface area contributed by atoms with Gasteiger partial charge in [-0.25, -0.2) is 69.5 Å². The van der Waals surface area contributed by atoms with Gasteiger partial charge in [-0.15, -0.1) is 0 Å². The number of ketones is 2. The van der Waals surface area contributed by atoms with Gasteiger partial charge in [0.2, 0.25) is 63.7 Å². The molecule has 0 aliphatic carbocycles. The van der Waals surface area contributed by atoms with Crippen LogP contribution in [0.2, 0.25) is 0 Å². The van der Waals surface area contributed by atoms with E-state index in [1.807, 2.05) is 58.3 Å². The van der Waals surface area contributed by atoms with Gasteiger partial charge in [0.05, 0.1) is 76.1 Å². The average Bonchev–Trinajstić information content (AvgIpc) is 0.793. The number of Topliss-reactive ketones (excluding diaryl/α,β-unsaturated/α-hetero) is 2. The van der Waals surface area contributed by atoms with E-state index in [0.29, 0.717) is 193 Å². The number of amides is 4. The van der Waals surface area contributed by atoms with E-state index in [1.165, 1.54) is 31.3 Å². The van der Waals surface area contributed by atoms with Gasteiger partial charge in [0.1, 0.15) is 0 Å². The molecule has 8 fully saturated rings. The fourth-order valence-electron chi connectivity index (χ4n) is 16.9. The number of nitrogens with one attached hydrogen (secondary N) is 6. The van der Waals surface area contributed by atoms with Crippen molar-refractivity contribution < 1.29 is 112 Å². The molecule has 0 bridgehead atoms. The Balaban J connectivity index is 0.000000188. The number of likely N-dealkylation sites (tertiary alicyclic amines) is 2. The zero-order valence-electron chi connectivity index (χ0n) is 70.8. The number of rotatable bonds is 29. The lowest BCUT2D eigenvalue weighted by molar-refractivity contribution is -0.135. The number of carbonyl (C=O) groups excluding carboxylic acids is 7. The standard InChI is InChI=1S/C24H38N4O6S.C21H32N4O6S.C18H26N4O6S.C18H25N3O6S/c1-3-4-5-23(29)19-6-8-21(9-7-19)27-10-12-28(13-11-27)35(32,33)22-16-20(24(30)25-31)17-26(18-22)14-15-34-2;1-16(26)17-3-5-19(6-4-17)24-7-9-25(10-8-24)32(29,30)20-13-18(21(27)22-28)14-23(15-20)11-12-31-2;1-28-18(24)13-2-4-15(5-3-13)21-6-8-22(9-7-21)29(26,27)16-10-14(11-19-12-16)17(23)20-25;22-17(20-25)15-9-16(11-19-10-15)28(26,27)21-7-5-13(6-8-21)12-1-3-14(4-2-12)18(23)24/h6-9,20,22,31H,3-5,10-18H2,1-2H3,(H,25,30);3-6,18,20,28H,7-15H2,1-2H3,(H,22,27);2-5,14,16,19,25H,6-12H2,1H3,(H,20,23);1-4,13,15-16,19,25H,5-11H2,(H,20,22)(H,23,24). The molecule has 4 aromatic carbocycles. The second-order valence-corrected chi connectivity index (χ2v) is 40.9. The Kier molecular flexibility index (Phi) is 37.7. The lowest BCUT2D eigenvalue weighted by Crippen LogP contribution is -2.56. The van der Waals surface area contributed by atoms with Gasteiger partial charge in [0.25, 0.3) is 0 Å². The zero-order valence-corrected chi connectivity index (χ0v) is 74.1. The van der Waals surface area contributed by atoms with Crippen LogP contribution < -0.4 is 47.3 Å². The predicted molar refractivity (Wildman–Crippen MR) is 458 cm³/mol. The maximum absolute atomic E-state index is 13.5. The third-order valence-electron chi connectivity index (χ3n) is 24.3. The van der Waals surface area contributed by atoms with E-state index in [0.717, 1.165) is 35.5 Å². The molecule has 8 atom stereocenters. The van der Waals surface area contributed by atoms with Crippen LogP contribution in [0, 0.1) is 23.7 Å². The van der Waals surface area contributed by atoms with Crippen LogP contribution in [0.25, 0.3) is 0 Å². The van der Waals surface area contributed by atoms with Crippen molar-refractivity contribution in [2.24, 2.45) is 23.7 Å². The first kappa shape index (κ1) is 99.5. The van der Waals surface area contributed by atoms with Crippen LogP contribution in [0.5, 0.6) is 0 Å². The maximum Gasteiger partial charge on any atom is 0.337 e. The molecule has 39 nitrogen and oxygen atoms in total. The quantitative estimate of drug-likeness (QED) is 0.0158. The lowest BCUT2D eigenvalue weighted by Gasteiger charge is -2.41. The number of piperazine rings is 3. The van der Waals surface area contributed by atoms with Crippen molar-refractivity contribution >= 4 is 104 Å². The first-order valence-corrected chi connectivity index (χ1v) is 47.8. The highest BCUT2D eigenvalue weighted by Crippen LogP contribution is 2.34. The highest BCUT2D eigenvalue weighted by atomic mass is 32.2. The summed E-state index contributed by atoms with van der Waals surface area (Å²) in [5.74, 6) is -5.67. The predicted octanol–water partition coefficient (Wildman–Crippen LogP) is 1.32.